The van der Waals surface area contributed by atoms with E-state index in [0.717, 1.165) is 11.3 Å². The van der Waals surface area contributed by atoms with E-state index in [4.69, 9.17) is 11.6 Å². The third kappa shape index (κ3) is 1.65. The molecule has 0 saturated carbocycles. The number of halogens is 1. The van der Waals surface area contributed by atoms with E-state index in [9.17, 15) is 4.79 Å². The maximum atomic E-state index is 12.2. The predicted molar refractivity (Wildman–Crippen MR) is 68.2 cm³/mol. The smallest absolute Gasteiger partial charge is 0.193 e. The number of fused-ring (bicyclic) bond motifs is 1. The Balaban J connectivity index is 2.89. The number of rotatable bonds is 2. The topological polar surface area (TPSA) is 32.9 Å². The Hall–Kier alpha value is -1.54. The second-order valence-corrected chi connectivity index (χ2v) is 4.12. The zero-order chi connectivity index (χ0) is 11.7. The highest BCUT2D eigenvalue weighted by atomic mass is 35.5. The van der Waals surface area contributed by atoms with E-state index in [0.29, 0.717) is 22.3 Å². The summed E-state index contributed by atoms with van der Waals surface area (Å²) in [4.78, 5) is 15.3. The molecule has 0 fully saturated rings. The molecule has 3 heteroatoms. The highest BCUT2D eigenvalue weighted by molar-refractivity contribution is 6.35. The molecule has 1 heterocycles. The third-order valence-corrected chi connectivity index (χ3v) is 2.96. The van der Waals surface area contributed by atoms with Gasteiger partial charge < -0.3 is 4.98 Å². The lowest BCUT2D eigenvalue weighted by Crippen LogP contribution is -2.12. The molecular formula is C13H12ClNO. The summed E-state index contributed by atoms with van der Waals surface area (Å²) in [7, 11) is 0. The molecule has 0 aliphatic rings. The Morgan fingerprint density at radius 3 is 2.94 bits per heavy atom. The van der Waals surface area contributed by atoms with Crippen LogP contribution in [0.15, 0.2) is 35.6 Å². The minimum absolute atomic E-state index is 0.0358. The summed E-state index contributed by atoms with van der Waals surface area (Å²) < 4.78 is 0. The average molecular weight is 234 g/mol. The van der Waals surface area contributed by atoms with Crippen molar-refractivity contribution >= 4 is 22.5 Å². The third-order valence-electron chi connectivity index (χ3n) is 2.65. The lowest BCUT2D eigenvalue weighted by atomic mass is 10.1. The fourth-order valence-corrected chi connectivity index (χ4v) is 2.05. The fourth-order valence-electron chi connectivity index (χ4n) is 1.83. The Morgan fingerprint density at radius 1 is 1.50 bits per heavy atom. The van der Waals surface area contributed by atoms with E-state index in [-0.39, 0.29) is 5.43 Å². The van der Waals surface area contributed by atoms with Crippen LogP contribution in [0, 0.1) is 6.92 Å². The number of pyridine rings is 1. The molecule has 0 radical (unpaired) electrons. The van der Waals surface area contributed by atoms with Crippen LogP contribution in [0.5, 0.6) is 0 Å². The summed E-state index contributed by atoms with van der Waals surface area (Å²) in [5.41, 5.74) is 2.35. The summed E-state index contributed by atoms with van der Waals surface area (Å²) in [6, 6.07) is 5.34. The minimum Gasteiger partial charge on any atom is -0.357 e. The first kappa shape index (κ1) is 11.0. The molecule has 16 heavy (non-hydrogen) atoms. The van der Waals surface area contributed by atoms with Crippen molar-refractivity contribution < 1.29 is 0 Å². The largest absolute Gasteiger partial charge is 0.357 e. The van der Waals surface area contributed by atoms with E-state index < -0.39 is 0 Å². The highest BCUT2D eigenvalue weighted by Crippen LogP contribution is 2.20. The van der Waals surface area contributed by atoms with Crippen molar-refractivity contribution in [1.82, 2.24) is 4.98 Å². The molecule has 82 valence electrons. The van der Waals surface area contributed by atoms with E-state index in [2.05, 4.69) is 11.6 Å². The Kier molecular flexibility index (Phi) is 2.84. The van der Waals surface area contributed by atoms with Crippen molar-refractivity contribution in [2.24, 2.45) is 0 Å². The first-order valence-corrected chi connectivity index (χ1v) is 5.44. The molecular weight excluding hydrogens is 222 g/mol. The maximum Gasteiger partial charge on any atom is 0.193 e. The van der Waals surface area contributed by atoms with Crippen LogP contribution in [0.2, 0.25) is 5.02 Å². The van der Waals surface area contributed by atoms with Gasteiger partial charge in [0, 0.05) is 16.6 Å². The number of H-pyrrole nitrogens is 1. The molecule has 0 atom stereocenters. The van der Waals surface area contributed by atoms with Crippen molar-refractivity contribution in [2.45, 2.75) is 13.3 Å². The molecule has 0 spiro atoms. The first-order valence-electron chi connectivity index (χ1n) is 5.06. The number of aromatic amines is 1. The standard InChI is InChI=1S/C13H12ClNO/c1-3-5-9-8(2)15-12-10(13(9)16)6-4-7-11(12)14/h3-4,6-7H,1,5H2,2H3,(H,15,16). The van der Waals surface area contributed by atoms with Crippen LogP contribution in [0.3, 0.4) is 0 Å². The molecule has 0 amide bonds. The lowest BCUT2D eigenvalue weighted by Gasteiger charge is -2.07. The molecule has 0 saturated heterocycles. The van der Waals surface area contributed by atoms with Gasteiger partial charge in [-0.2, -0.15) is 0 Å². The summed E-state index contributed by atoms with van der Waals surface area (Å²) >= 11 is 6.04. The highest BCUT2D eigenvalue weighted by Gasteiger charge is 2.09. The minimum atomic E-state index is 0.0358. The summed E-state index contributed by atoms with van der Waals surface area (Å²) in [5, 5.41) is 1.21. The average Bonchev–Trinajstić information content (AvgIpc) is 2.26. The molecule has 2 aromatic rings. The molecule has 1 N–H and O–H groups in total. The van der Waals surface area contributed by atoms with Crippen LogP contribution in [0.4, 0.5) is 0 Å². The SMILES string of the molecule is C=CCc1c(C)[nH]c2c(Cl)cccc2c1=O. The Bertz CT molecular complexity index is 613. The second-order valence-electron chi connectivity index (χ2n) is 3.71. The number of aromatic nitrogens is 1. The summed E-state index contributed by atoms with van der Waals surface area (Å²) in [5.74, 6) is 0. The molecule has 0 bridgehead atoms. The molecule has 0 aliphatic carbocycles. The molecule has 1 aromatic carbocycles. The van der Waals surface area contributed by atoms with Gasteiger partial charge in [0.1, 0.15) is 0 Å². The van der Waals surface area contributed by atoms with Gasteiger partial charge in [0.15, 0.2) is 5.43 Å². The lowest BCUT2D eigenvalue weighted by molar-refractivity contribution is 1.12. The maximum absolute atomic E-state index is 12.2. The van der Waals surface area contributed by atoms with Crippen LogP contribution in [-0.2, 0) is 6.42 Å². The van der Waals surface area contributed by atoms with Gasteiger partial charge in [-0.05, 0) is 25.5 Å². The van der Waals surface area contributed by atoms with Crippen LogP contribution >= 0.6 is 11.6 Å². The normalized spacial score (nSPS) is 10.6. The van der Waals surface area contributed by atoms with E-state index in [1.807, 2.05) is 6.92 Å². The van der Waals surface area contributed by atoms with Crippen molar-refractivity contribution in [3.8, 4) is 0 Å². The van der Waals surface area contributed by atoms with Crippen LogP contribution in [0.25, 0.3) is 10.9 Å². The number of benzene rings is 1. The van der Waals surface area contributed by atoms with Gasteiger partial charge in [-0.25, -0.2) is 0 Å². The number of para-hydroxylation sites is 1. The van der Waals surface area contributed by atoms with Gasteiger partial charge in [-0.15, -0.1) is 6.58 Å². The van der Waals surface area contributed by atoms with Gasteiger partial charge in [0.25, 0.3) is 0 Å². The van der Waals surface area contributed by atoms with E-state index >= 15 is 0 Å². The van der Waals surface area contributed by atoms with Gasteiger partial charge in [0.05, 0.1) is 10.5 Å². The van der Waals surface area contributed by atoms with Gasteiger partial charge in [0.2, 0.25) is 0 Å². The molecule has 0 unspecified atom stereocenters. The number of nitrogens with one attached hydrogen (secondary N) is 1. The molecule has 0 aliphatic heterocycles. The molecule has 2 rings (SSSR count). The van der Waals surface area contributed by atoms with E-state index in [1.54, 1.807) is 24.3 Å². The second kappa shape index (κ2) is 4.14. The zero-order valence-electron chi connectivity index (χ0n) is 9.01. The number of aryl methyl sites for hydroxylation is 1. The van der Waals surface area contributed by atoms with Gasteiger partial charge in [-0.3, -0.25) is 4.79 Å². The van der Waals surface area contributed by atoms with Gasteiger partial charge >= 0.3 is 0 Å². The Labute approximate surface area is 98.6 Å². The molecule has 1 aromatic heterocycles. The van der Waals surface area contributed by atoms with Crippen LogP contribution < -0.4 is 5.43 Å². The van der Waals surface area contributed by atoms with E-state index in [1.165, 1.54) is 0 Å². The number of hydrogen-bond donors (Lipinski definition) is 1. The number of allylic oxidation sites excluding steroid dienone is 1. The zero-order valence-corrected chi connectivity index (χ0v) is 9.77. The molecule has 2 nitrogen and oxygen atoms in total. The van der Waals surface area contributed by atoms with Crippen molar-refractivity contribution in [2.75, 3.05) is 0 Å². The van der Waals surface area contributed by atoms with Crippen molar-refractivity contribution in [1.29, 1.82) is 0 Å². The summed E-state index contributed by atoms with van der Waals surface area (Å²) in [6.45, 7) is 5.53. The fraction of sp³-hybridized carbons (Fsp3) is 0.154. The number of hydrogen-bond acceptors (Lipinski definition) is 1. The monoisotopic (exact) mass is 233 g/mol. The van der Waals surface area contributed by atoms with Gasteiger partial charge in [-0.1, -0.05) is 23.7 Å². The first-order chi connectivity index (χ1) is 7.65. The van der Waals surface area contributed by atoms with Crippen molar-refractivity contribution in [3.05, 3.63) is 57.4 Å². The Morgan fingerprint density at radius 2 is 2.25 bits per heavy atom. The quantitative estimate of drug-likeness (QED) is 0.794. The predicted octanol–water partition coefficient (Wildman–Crippen LogP) is 3.22. The van der Waals surface area contributed by atoms with Crippen LogP contribution in [0.1, 0.15) is 11.3 Å². The van der Waals surface area contributed by atoms with Crippen molar-refractivity contribution in [3.63, 3.8) is 0 Å². The van der Waals surface area contributed by atoms with Crippen LogP contribution in [-0.4, -0.2) is 4.98 Å². The summed E-state index contributed by atoms with van der Waals surface area (Å²) in [6.07, 6.45) is 2.30.